The topological polar surface area (TPSA) is 88.0 Å². The predicted molar refractivity (Wildman–Crippen MR) is 83.4 cm³/mol. The molecule has 1 fully saturated rings. The van der Waals surface area contributed by atoms with E-state index in [1.807, 2.05) is 0 Å². The van der Waals surface area contributed by atoms with Crippen LogP contribution in [0.3, 0.4) is 0 Å². The molecular formula is C15H18N4O2S. The summed E-state index contributed by atoms with van der Waals surface area (Å²) < 4.78 is 0. The first-order valence-corrected chi connectivity index (χ1v) is 8.23. The van der Waals surface area contributed by atoms with E-state index in [0.29, 0.717) is 28.2 Å². The molecule has 2 aromatic rings. The average Bonchev–Trinajstić information content (AvgIpc) is 3.04. The van der Waals surface area contributed by atoms with Crippen molar-refractivity contribution in [2.75, 3.05) is 6.54 Å². The van der Waals surface area contributed by atoms with Crippen LogP contribution < -0.4 is 5.32 Å². The van der Waals surface area contributed by atoms with Crippen LogP contribution in [-0.2, 0) is 0 Å². The number of aliphatic hydroxyl groups excluding tert-OH is 1. The van der Waals surface area contributed by atoms with E-state index in [0.717, 1.165) is 25.7 Å². The highest BCUT2D eigenvalue weighted by Gasteiger charge is 2.21. The molecule has 0 aromatic carbocycles. The number of amides is 1. The zero-order valence-corrected chi connectivity index (χ0v) is 12.9. The van der Waals surface area contributed by atoms with Crippen LogP contribution in [-0.4, -0.2) is 38.6 Å². The smallest absolute Gasteiger partial charge is 0.263 e. The van der Waals surface area contributed by atoms with E-state index < -0.39 is 0 Å². The third-order valence-electron chi connectivity index (χ3n) is 3.79. The van der Waals surface area contributed by atoms with Crippen molar-refractivity contribution in [3.8, 4) is 10.8 Å². The number of thiazole rings is 1. The molecule has 0 bridgehead atoms. The minimum Gasteiger partial charge on any atom is -0.393 e. The van der Waals surface area contributed by atoms with Crippen LogP contribution in [0.5, 0.6) is 0 Å². The maximum Gasteiger partial charge on any atom is 0.263 e. The highest BCUT2D eigenvalue weighted by molar-refractivity contribution is 7.16. The van der Waals surface area contributed by atoms with E-state index in [4.69, 9.17) is 0 Å². The number of hydrogen-bond acceptors (Lipinski definition) is 6. The van der Waals surface area contributed by atoms with Gasteiger partial charge in [-0.05, 0) is 31.2 Å². The van der Waals surface area contributed by atoms with Crippen LogP contribution in [0.1, 0.15) is 35.4 Å². The van der Waals surface area contributed by atoms with E-state index >= 15 is 0 Å². The van der Waals surface area contributed by atoms with E-state index in [1.165, 1.54) is 11.3 Å². The maximum absolute atomic E-state index is 12.2. The molecule has 1 aliphatic carbocycles. The molecule has 2 aromatic heterocycles. The van der Waals surface area contributed by atoms with E-state index in [-0.39, 0.29) is 12.0 Å². The van der Waals surface area contributed by atoms with Gasteiger partial charge in [-0.25, -0.2) is 15.0 Å². The predicted octanol–water partition coefficient (Wildman–Crippen LogP) is 1.88. The fraction of sp³-hybridized carbons (Fsp3) is 0.467. The van der Waals surface area contributed by atoms with Gasteiger partial charge in [-0.2, -0.15) is 0 Å². The van der Waals surface area contributed by atoms with Gasteiger partial charge in [-0.1, -0.05) is 6.42 Å². The molecule has 3 rings (SSSR count). The first-order chi connectivity index (χ1) is 10.7. The van der Waals surface area contributed by atoms with Crippen molar-refractivity contribution in [1.82, 2.24) is 20.3 Å². The van der Waals surface area contributed by atoms with Gasteiger partial charge < -0.3 is 10.4 Å². The summed E-state index contributed by atoms with van der Waals surface area (Å²) in [5, 5.41) is 13.2. The summed E-state index contributed by atoms with van der Waals surface area (Å²) in [5.41, 5.74) is 0. The second-order valence-electron chi connectivity index (χ2n) is 5.50. The Hall–Kier alpha value is -1.86. The lowest BCUT2D eigenvalue weighted by molar-refractivity contribution is 0.0876. The molecule has 2 atom stereocenters. The largest absolute Gasteiger partial charge is 0.393 e. The van der Waals surface area contributed by atoms with Crippen molar-refractivity contribution in [3.63, 3.8) is 0 Å². The summed E-state index contributed by atoms with van der Waals surface area (Å²) in [6.07, 6.45) is 8.37. The van der Waals surface area contributed by atoms with Gasteiger partial charge >= 0.3 is 0 Å². The molecule has 0 radical (unpaired) electrons. The van der Waals surface area contributed by atoms with E-state index in [1.54, 1.807) is 24.7 Å². The fourth-order valence-corrected chi connectivity index (χ4v) is 3.44. The molecule has 22 heavy (non-hydrogen) atoms. The van der Waals surface area contributed by atoms with Crippen LogP contribution in [0.25, 0.3) is 10.8 Å². The molecule has 2 heterocycles. The number of aliphatic hydroxyl groups is 1. The zero-order valence-electron chi connectivity index (χ0n) is 12.1. The molecule has 2 unspecified atom stereocenters. The van der Waals surface area contributed by atoms with Gasteiger partial charge in [0.2, 0.25) is 0 Å². The second-order valence-corrected chi connectivity index (χ2v) is 6.53. The Kier molecular flexibility index (Phi) is 4.74. The zero-order chi connectivity index (χ0) is 15.4. The lowest BCUT2D eigenvalue weighted by Gasteiger charge is -2.25. The Bertz CT molecular complexity index is 631. The Labute approximate surface area is 132 Å². The quantitative estimate of drug-likeness (QED) is 0.898. The molecule has 1 amide bonds. The van der Waals surface area contributed by atoms with Crippen LogP contribution in [0.4, 0.5) is 0 Å². The second kappa shape index (κ2) is 6.93. The van der Waals surface area contributed by atoms with Crippen molar-refractivity contribution in [3.05, 3.63) is 29.5 Å². The monoisotopic (exact) mass is 318 g/mol. The molecule has 0 spiro atoms. The number of carbonyl (C=O) groups is 1. The van der Waals surface area contributed by atoms with Crippen molar-refractivity contribution in [2.45, 2.75) is 31.8 Å². The van der Waals surface area contributed by atoms with Gasteiger partial charge in [-0.15, -0.1) is 11.3 Å². The Morgan fingerprint density at radius 1 is 1.32 bits per heavy atom. The summed E-state index contributed by atoms with van der Waals surface area (Å²) >= 11 is 1.28. The summed E-state index contributed by atoms with van der Waals surface area (Å²) in [5.74, 6) is 0.763. The van der Waals surface area contributed by atoms with Crippen molar-refractivity contribution in [1.29, 1.82) is 0 Å². The Balaban J connectivity index is 1.58. The summed E-state index contributed by atoms with van der Waals surface area (Å²) in [4.78, 5) is 25.2. The SMILES string of the molecule is O=C(NCC1CCCC(O)C1)c1cnc(-c2ncccn2)s1. The molecule has 0 aliphatic heterocycles. The normalized spacial score (nSPS) is 21.5. The Morgan fingerprint density at radius 2 is 2.14 bits per heavy atom. The van der Waals surface area contributed by atoms with E-state index in [9.17, 15) is 9.90 Å². The van der Waals surface area contributed by atoms with Gasteiger partial charge in [0.1, 0.15) is 4.88 Å². The van der Waals surface area contributed by atoms with Crippen molar-refractivity contribution in [2.24, 2.45) is 5.92 Å². The number of hydrogen-bond donors (Lipinski definition) is 2. The van der Waals surface area contributed by atoms with Gasteiger partial charge in [0.15, 0.2) is 10.8 Å². The number of aromatic nitrogens is 3. The van der Waals surface area contributed by atoms with Crippen LogP contribution >= 0.6 is 11.3 Å². The molecule has 2 N–H and O–H groups in total. The standard InChI is InChI=1S/C15H18N4O2S/c20-11-4-1-3-10(7-11)8-18-14(21)12-9-19-15(22-12)13-16-5-2-6-17-13/h2,5-6,9-11,20H,1,3-4,7-8H2,(H,18,21). The van der Waals surface area contributed by atoms with Gasteiger partial charge in [0, 0.05) is 18.9 Å². The number of rotatable bonds is 4. The minimum atomic E-state index is -0.221. The van der Waals surface area contributed by atoms with Crippen molar-refractivity contribution < 1.29 is 9.90 Å². The molecule has 7 heteroatoms. The first-order valence-electron chi connectivity index (χ1n) is 7.42. The third-order valence-corrected chi connectivity index (χ3v) is 4.79. The first kappa shape index (κ1) is 15.1. The Morgan fingerprint density at radius 3 is 2.91 bits per heavy atom. The summed E-state index contributed by atoms with van der Waals surface area (Å²) in [6, 6.07) is 1.74. The number of nitrogens with zero attached hydrogens (tertiary/aromatic N) is 3. The molecule has 6 nitrogen and oxygen atoms in total. The maximum atomic E-state index is 12.2. The summed E-state index contributed by atoms with van der Waals surface area (Å²) in [7, 11) is 0. The average molecular weight is 318 g/mol. The lowest BCUT2D eigenvalue weighted by Crippen LogP contribution is -2.32. The fourth-order valence-electron chi connectivity index (χ4n) is 2.66. The number of nitrogens with one attached hydrogen (secondary N) is 1. The van der Waals surface area contributed by atoms with Gasteiger partial charge in [0.05, 0.1) is 12.3 Å². The van der Waals surface area contributed by atoms with Gasteiger partial charge in [0.25, 0.3) is 5.91 Å². The highest BCUT2D eigenvalue weighted by Crippen LogP contribution is 2.24. The molecule has 116 valence electrons. The molecule has 1 aliphatic rings. The third kappa shape index (κ3) is 3.66. The lowest BCUT2D eigenvalue weighted by atomic mass is 9.87. The van der Waals surface area contributed by atoms with E-state index in [2.05, 4.69) is 20.3 Å². The van der Waals surface area contributed by atoms with Crippen LogP contribution in [0.15, 0.2) is 24.7 Å². The van der Waals surface area contributed by atoms with Crippen molar-refractivity contribution >= 4 is 17.2 Å². The van der Waals surface area contributed by atoms with Crippen LogP contribution in [0.2, 0.25) is 0 Å². The van der Waals surface area contributed by atoms with Crippen LogP contribution in [0, 0.1) is 5.92 Å². The summed E-state index contributed by atoms with van der Waals surface area (Å²) in [6.45, 7) is 0.602. The molecular weight excluding hydrogens is 300 g/mol. The minimum absolute atomic E-state index is 0.125. The molecule has 0 saturated heterocycles. The molecule has 1 saturated carbocycles. The number of carbonyl (C=O) groups excluding carboxylic acids is 1. The van der Waals surface area contributed by atoms with Gasteiger partial charge in [-0.3, -0.25) is 4.79 Å². The highest BCUT2D eigenvalue weighted by atomic mass is 32.1.